The number of carbonyl (C=O) groups is 4. The molecule has 0 saturated heterocycles. The lowest BCUT2D eigenvalue weighted by Crippen LogP contribution is -2.38. The van der Waals surface area contributed by atoms with E-state index in [2.05, 4.69) is 0 Å². The van der Waals surface area contributed by atoms with Gasteiger partial charge in [-0.3, -0.25) is 9.59 Å². The highest BCUT2D eigenvalue weighted by Gasteiger charge is 2.35. The Morgan fingerprint density at radius 2 is 1.18 bits per heavy atom. The number of primary amides is 1. The molecule has 9 nitrogen and oxygen atoms in total. The molecule has 4 aromatic carbocycles. The number of Topliss-reactive ketones (excluding diaryl/α,β-unsaturated/α-hetero) is 1. The van der Waals surface area contributed by atoms with E-state index in [9.17, 15) is 19.2 Å². The van der Waals surface area contributed by atoms with Crippen LogP contribution in [0.2, 0.25) is 0 Å². The molecule has 0 atom stereocenters. The highest BCUT2D eigenvalue weighted by atomic mass is 16.6. The molecule has 0 radical (unpaired) electrons. The lowest BCUT2D eigenvalue weighted by Gasteiger charge is -2.18. The molecule has 0 bridgehead atoms. The van der Waals surface area contributed by atoms with Crippen LogP contribution < -0.4 is 10.5 Å². The Morgan fingerprint density at radius 1 is 0.682 bits per heavy atom. The number of aromatic nitrogens is 1. The summed E-state index contributed by atoms with van der Waals surface area (Å²) in [6.45, 7) is 1.87. The summed E-state index contributed by atoms with van der Waals surface area (Å²) in [5, 5.41) is 0.237. The van der Waals surface area contributed by atoms with E-state index in [-0.39, 0.29) is 29.9 Å². The number of fused-ring (bicyclic) bond motifs is 1. The Bertz CT molecular complexity index is 1740. The normalized spacial score (nSPS) is 10.9. The molecule has 5 rings (SSSR count). The predicted octanol–water partition coefficient (Wildman–Crippen LogP) is 4.90. The van der Waals surface area contributed by atoms with Gasteiger partial charge in [-0.2, -0.15) is 0 Å². The maximum Gasteiger partial charge on any atom is 0.359 e. The standard InChI is InChI=1S/C35H30N2O7/c1-23-29(31(38)33(36)39)30-27(37(23)20-24-12-5-2-6-13-24)18-11-19-28(30)44-32(34(40)42-21-25-14-7-3-8-15-25)35(41)43-22-26-16-9-4-10-17-26/h2-19,32H,20-22H2,1H3,(H2,36,39). The molecule has 0 aliphatic rings. The Hall–Kier alpha value is -5.70. The van der Waals surface area contributed by atoms with Crippen molar-refractivity contribution in [1.29, 1.82) is 0 Å². The van der Waals surface area contributed by atoms with E-state index in [0.717, 1.165) is 5.56 Å². The molecule has 0 spiro atoms. The van der Waals surface area contributed by atoms with Gasteiger partial charge in [-0.15, -0.1) is 0 Å². The van der Waals surface area contributed by atoms with Gasteiger partial charge in [-0.25, -0.2) is 9.59 Å². The van der Waals surface area contributed by atoms with Crippen LogP contribution in [0.4, 0.5) is 0 Å². The summed E-state index contributed by atoms with van der Waals surface area (Å²) in [6.07, 6.45) is -1.83. The van der Waals surface area contributed by atoms with Crippen molar-refractivity contribution in [2.75, 3.05) is 0 Å². The molecule has 0 fully saturated rings. The van der Waals surface area contributed by atoms with E-state index >= 15 is 0 Å². The molecule has 0 aliphatic heterocycles. The number of nitrogens with two attached hydrogens (primary N) is 1. The summed E-state index contributed by atoms with van der Waals surface area (Å²) in [4.78, 5) is 52.0. The smallest absolute Gasteiger partial charge is 0.359 e. The average Bonchev–Trinajstić information content (AvgIpc) is 3.33. The SMILES string of the molecule is Cc1c(C(=O)C(N)=O)c2c(OC(C(=O)OCc3ccccc3)C(=O)OCc3ccccc3)cccc2n1Cc1ccccc1. The van der Waals surface area contributed by atoms with E-state index in [1.165, 1.54) is 6.07 Å². The number of amides is 1. The minimum Gasteiger partial charge on any atom is -0.466 e. The number of ketones is 1. The van der Waals surface area contributed by atoms with Crippen LogP contribution in [0.25, 0.3) is 10.9 Å². The first kappa shape index (κ1) is 29.8. The van der Waals surface area contributed by atoms with Crippen molar-refractivity contribution in [2.45, 2.75) is 32.8 Å². The number of nitrogens with zero attached hydrogens (tertiary/aromatic N) is 1. The highest BCUT2D eigenvalue weighted by Crippen LogP contribution is 2.35. The third kappa shape index (κ3) is 6.68. The van der Waals surface area contributed by atoms with Crippen molar-refractivity contribution < 1.29 is 33.4 Å². The molecule has 0 saturated carbocycles. The van der Waals surface area contributed by atoms with E-state index < -0.39 is 29.7 Å². The van der Waals surface area contributed by atoms with Crippen LogP contribution in [0.1, 0.15) is 32.7 Å². The lowest BCUT2D eigenvalue weighted by atomic mass is 10.1. The Morgan fingerprint density at radius 3 is 1.68 bits per heavy atom. The predicted molar refractivity (Wildman–Crippen MR) is 163 cm³/mol. The van der Waals surface area contributed by atoms with Crippen LogP contribution in [-0.4, -0.2) is 34.3 Å². The fraction of sp³-hybridized carbons (Fsp3) is 0.143. The molecule has 2 N–H and O–H groups in total. The quantitative estimate of drug-likeness (QED) is 0.0948. The zero-order valence-electron chi connectivity index (χ0n) is 24.0. The molecule has 1 aromatic heterocycles. The number of rotatable bonds is 12. The zero-order valence-corrected chi connectivity index (χ0v) is 24.0. The summed E-state index contributed by atoms with van der Waals surface area (Å²) < 4.78 is 18.8. The number of ether oxygens (including phenoxy) is 3. The number of benzene rings is 4. The number of carbonyl (C=O) groups excluding carboxylic acids is 4. The van der Waals surface area contributed by atoms with Gasteiger partial charge >= 0.3 is 11.9 Å². The lowest BCUT2D eigenvalue weighted by molar-refractivity contribution is -0.168. The summed E-state index contributed by atoms with van der Waals surface area (Å²) in [5.41, 5.74) is 8.85. The molecule has 44 heavy (non-hydrogen) atoms. The monoisotopic (exact) mass is 590 g/mol. The number of esters is 2. The van der Waals surface area contributed by atoms with Crippen molar-refractivity contribution in [3.8, 4) is 5.75 Å². The van der Waals surface area contributed by atoms with Crippen LogP contribution in [0, 0.1) is 6.92 Å². The van der Waals surface area contributed by atoms with Gasteiger partial charge in [0.25, 0.3) is 17.8 Å². The molecule has 222 valence electrons. The van der Waals surface area contributed by atoms with Crippen LogP contribution in [0.5, 0.6) is 5.75 Å². The van der Waals surface area contributed by atoms with Gasteiger partial charge in [0.1, 0.15) is 19.0 Å². The molecular formula is C35H30N2O7. The van der Waals surface area contributed by atoms with Gasteiger partial charge < -0.3 is 24.5 Å². The molecule has 1 amide bonds. The van der Waals surface area contributed by atoms with Crippen molar-refractivity contribution in [3.63, 3.8) is 0 Å². The van der Waals surface area contributed by atoms with Crippen LogP contribution in [-0.2, 0) is 43.6 Å². The summed E-state index contributed by atoms with van der Waals surface area (Å²) >= 11 is 0. The zero-order chi connectivity index (χ0) is 31.1. The summed E-state index contributed by atoms with van der Waals surface area (Å²) in [7, 11) is 0. The largest absolute Gasteiger partial charge is 0.466 e. The van der Waals surface area contributed by atoms with Crippen LogP contribution in [0.3, 0.4) is 0 Å². The van der Waals surface area contributed by atoms with Gasteiger partial charge in [-0.1, -0.05) is 97.1 Å². The molecule has 9 heteroatoms. The van der Waals surface area contributed by atoms with E-state index in [1.54, 1.807) is 67.6 Å². The third-order valence-electron chi connectivity index (χ3n) is 7.07. The van der Waals surface area contributed by atoms with Crippen molar-refractivity contribution >= 4 is 34.5 Å². The molecule has 5 aromatic rings. The first-order valence-electron chi connectivity index (χ1n) is 13.9. The minimum atomic E-state index is -1.83. The average molecular weight is 591 g/mol. The first-order valence-corrected chi connectivity index (χ1v) is 13.9. The van der Waals surface area contributed by atoms with E-state index in [1.807, 2.05) is 47.0 Å². The minimum absolute atomic E-state index is 0.0142. The maximum absolute atomic E-state index is 13.4. The molecular weight excluding hydrogens is 560 g/mol. The van der Waals surface area contributed by atoms with Gasteiger partial charge in [-0.05, 0) is 35.7 Å². The van der Waals surface area contributed by atoms with E-state index in [4.69, 9.17) is 19.9 Å². The van der Waals surface area contributed by atoms with Crippen molar-refractivity contribution in [2.24, 2.45) is 5.73 Å². The number of hydrogen-bond acceptors (Lipinski definition) is 7. The Kier molecular flexibility index (Phi) is 9.15. The van der Waals surface area contributed by atoms with Crippen molar-refractivity contribution in [3.05, 3.63) is 137 Å². The molecule has 0 aliphatic carbocycles. The fourth-order valence-electron chi connectivity index (χ4n) is 4.89. The summed E-state index contributed by atoms with van der Waals surface area (Å²) in [6, 6.07) is 32.4. The maximum atomic E-state index is 13.4. The molecule has 1 heterocycles. The van der Waals surface area contributed by atoms with Gasteiger partial charge in [0.05, 0.1) is 16.5 Å². The first-order chi connectivity index (χ1) is 21.3. The van der Waals surface area contributed by atoms with Gasteiger partial charge in [0, 0.05) is 12.2 Å². The highest BCUT2D eigenvalue weighted by molar-refractivity contribution is 6.45. The molecule has 0 unspecified atom stereocenters. The summed E-state index contributed by atoms with van der Waals surface area (Å²) in [5.74, 6) is -4.02. The van der Waals surface area contributed by atoms with Crippen LogP contribution >= 0.6 is 0 Å². The second kappa shape index (κ2) is 13.5. The second-order valence-electron chi connectivity index (χ2n) is 10.1. The second-order valence-corrected chi connectivity index (χ2v) is 10.1. The van der Waals surface area contributed by atoms with Crippen LogP contribution in [0.15, 0.2) is 109 Å². The topological polar surface area (TPSA) is 127 Å². The Labute approximate surface area is 253 Å². The van der Waals surface area contributed by atoms with Crippen molar-refractivity contribution in [1.82, 2.24) is 4.57 Å². The van der Waals surface area contributed by atoms with E-state index in [0.29, 0.717) is 28.9 Å². The Balaban J connectivity index is 1.53. The fourth-order valence-corrected chi connectivity index (χ4v) is 4.89. The number of hydrogen-bond donors (Lipinski definition) is 1. The third-order valence-corrected chi connectivity index (χ3v) is 7.07. The van der Waals surface area contributed by atoms with Gasteiger partial charge in [0.15, 0.2) is 0 Å². The van der Waals surface area contributed by atoms with Gasteiger partial charge in [0.2, 0.25) is 0 Å².